The lowest BCUT2D eigenvalue weighted by Gasteiger charge is -2.17. The SMILES string of the molecule is CC(=O)c1ccc(C(=O)N[C@@H](CC(=O)O)Cc2ccc(-c3cccc(Cl)c3)cc2)[nH]1. The Labute approximate surface area is 178 Å². The highest BCUT2D eigenvalue weighted by molar-refractivity contribution is 6.30. The molecule has 30 heavy (non-hydrogen) atoms. The number of ketones is 1. The Balaban J connectivity index is 1.71. The van der Waals surface area contributed by atoms with Gasteiger partial charge in [0, 0.05) is 18.0 Å². The number of rotatable bonds is 8. The Kier molecular flexibility index (Phi) is 6.69. The average Bonchev–Trinajstić information content (AvgIpc) is 3.19. The number of Topliss-reactive ketones (excluding diaryl/α,β-unsaturated/α-hetero) is 1. The smallest absolute Gasteiger partial charge is 0.305 e. The van der Waals surface area contributed by atoms with E-state index < -0.39 is 17.9 Å². The second-order valence-electron chi connectivity index (χ2n) is 7.02. The van der Waals surface area contributed by atoms with Gasteiger partial charge in [-0.15, -0.1) is 0 Å². The van der Waals surface area contributed by atoms with Crippen molar-refractivity contribution in [2.75, 3.05) is 0 Å². The summed E-state index contributed by atoms with van der Waals surface area (Å²) in [5, 5.41) is 12.6. The van der Waals surface area contributed by atoms with Gasteiger partial charge < -0.3 is 15.4 Å². The van der Waals surface area contributed by atoms with Gasteiger partial charge in [0.15, 0.2) is 5.78 Å². The molecule has 0 aliphatic rings. The molecule has 6 nitrogen and oxygen atoms in total. The lowest BCUT2D eigenvalue weighted by Crippen LogP contribution is -2.38. The van der Waals surface area contributed by atoms with Gasteiger partial charge in [0.1, 0.15) is 5.69 Å². The van der Waals surface area contributed by atoms with Crippen LogP contribution in [0.5, 0.6) is 0 Å². The summed E-state index contributed by atoms with van der Waals surface area (Å²) in [6, 6.07) is 17.6. The minimum absolute atomic E-state index is 0.184. The van der Waals surface area contributed by atoms with Gasteiger partial charge in [0.05, 0.1) is 12.1 Å². The fourth-order valence-corrected chi connectivity index (χ4v) is 3.36. The zero-order valence-electron chi connectivity index (χ0n) is 16.3. The van der Waals surface area contributed by atoms with E-state index in [9.17, 15) is 19.5 Å². The third-order valence-corrected chi connectivity index (χ3v) is 4.90. The van der Waals surface area contributed by atoms with Crippen LogP contribution in [-0.2, 0) is 11.2 Å². The molecule has 0 aliphatic heterocycles. The van der Waals surface area contributed by atoms with Crippen LogP contribution in [0.4, 0.5) is 0 Å². The van der Waals surface area contributed by atoms with Crippen molar-refractivity contribution >= 4 is 29.3 Å². The van der Waals surface area contributed by atoms with E-state index in [4.69, 9.17) is 11.6 Å². The number of aliphatic carboxylic acids is 1. The molecule has 1 atom stereocenters. The predicted molar refractivity (Wildman–Crippen MR) is 115 cm³/mol. The Morgan fingerprint density at radius 2 is 1.70 bits per heavy atom. The van der Waals surface area contributed by atoms with Gasteiger partial charge in [-0.1, -0.05) is 48.0 Å². The fourth-order valence-electron chi connectivity index (χ4n) is 3.17. The minimum Gasteiger partial charge on any atom is -0.481 e. The van der Waals surface area contributed by atoms with Crippen LogP contribution >= 0.6 is 11.6 Å². The Morgan fingerprint density at radius 3 is 2.30 bits per heavy atom. The van der Waals surface area contributed by atoms with Crippen LogP contribution in [0, 0.1) is 0 Å². The molecule has 2 aromatic carbocycles. The summed E-state index contributed by atoms with van der Waals surface area (Å²) in [5.74, 6) is -1.65. The normalized spacial score (nSPS) is 11.7. The summed E-state index contributed by atoms with van der Waals surface area (Å²) < 4.78 is 0. The van der Waals surface area contributed by atoms with Gasteiger partial charge >= 0.3 is 5.97 Å². The molecule has 0 saturated heterocycles. The lowest BCUT2D eigenvalue weighted by atomic mass is 9.99. The van der Waals surface area contributed by atoms with E-state index in [-0.39, 0.29) is 17.9 Å². The topological polar surface area (TPSA) is 99.3 Å². The van der Waals surface area contributed by atoms with Gasteiger partial charge in [-0.3, -0.25) is 14.4 Å². The molecule has 1 heterocycles. The van der Waals surface area contributed by atoms with Gasteiger partial charge in [0.2, 0.25) is 0 Å². The van der Waals surface area contributed by atoms with Crippen molar-refractivity contribution in [3.05, 3.63) is 82.6 Å². The van der Waals surface area contributed by atoms with Crippen molar-refractivity contribution in [2.24, 2.45) is 0 Å². The molecular weight excluding hydrogens is 404 g/mol. The molecular formula is C23H21ClN2O4. The number of carbonyl (C=O) groups excluding carboxylic acids is 2. The van der Waals surface area contributed by atoms with E-state index in [0.717, 1.165) is 16.7 Å². The standard InChI is InChI=1S/C23H21ClN2O4/c1-14(27)20-9-10-21(26-20)23(30)25-19(13-22(28)29)11-15-5-7-16(8-6-15)17-3-2-4-18(24)12-17/h2-10,12,19,26H,11,13H2,1H3,(H,25,30)(H,28,29)/t19-/m1/s1. The van der Waals surface area contributed by atoms with Gasteiger partial charge in [0.25, 0.3) is 5.91 Å². The summed E-state index contributed by atoms with van der Waals surface area (Å²) in [4.78, 5) is 37.9. The summed E-state index contributed by atoms with van der Waals surface area (Å²) in [7, 11) is 0. The molecule has 0 radical (unpaired) electrons. The number of carboxylic acid groups (broad SMARTS) is 1. The minimum atomic E-state index is -1.01. The van der Waals surface area contributed by atoms with Gasteiger partial charge in [-0.05, 0) is 47.4 Å². The van der Waals surface area contributed by atoms with E-state index in [1.165, 1.54) is 19.1 Å². The van der Waals surface area contributed by atoms with E-state index in [1.807, 2.05) is 48.5 Å². The van der Waals surface area contributed by atoms with Crippen LogP contribution in [0.15, 0.2) is 60.7 Å². The first-order chi connectivity index (χ1) is 14.3. The predicted octanol–water partition coefficient (Wildman–Crippen LogP) is 4.35. The molecule has 0 spiro atoms. The number of halogens is 1. The average molecular weight is 425 g/mol. The first-order valence-electron chi connectivity index (χ1n) is 9.39. The van der Waals surface area contributed by atoms with Crippen molar-refractivity contribution in [2.45, 2.75) is 25.8 Å². The molecule has 154 valence electrons. The Bertz CT molecular complexity index is 1070. The maximum absolute atomic E-state index is 12.5. The first-order valence-corrected chi connectivity index (χ1v) is 9.77. The lowest BCUT2D eigenvalue weighted by molar-refractivity contribution is -0.137. The van der Waals surface area contributed by atoms with Crippen LogP contribution in [0.2, 0.25) is 5.02 Å². The number of amides is 1. The van der Waals surface area contributed by atoms with Gasteiger partial charge in [-0.25, -0.2) is 0 Å². The highest BCUT2D eigenvalue weighted by Crippen LogP contribution is 2.23. The monoisotopic (exact) mass is 424 g/mol. The van der Waals surface area contributed by atoms with Crippen LogP contribution in [-0.4, -0.2) is 33.8 Å². The number of benzene rings is 2. The molecule has 0 saturated carbocycles. The summed E-state index contributed by atoms with van der Waals surface area (Å²) in [5.41, 5.74) is 3.40. The van der Waals surface area contributed by atoms with E-state index in [2.05, 4.69) is 10.3 Å². The van der Waals surface area contributed by atoms with Crippen molar-refractivity contribution in [3.63, 3.8) is 0 Å². The second kappa shape index (κ2) is 9.41. The van der Waals surface area contributed by atoms with Crippen molar-refractivity contribution < 1.29 is 19.5 Å². The number of nitrogens with one attached hydrogen (secondary N) is 2. The summed E-state index contributed by atoms with van der Waals surface area (Å²) in [6.07, 6.45) is 0.135. The molecule has 0 fully saturated rings. The number of hydrogen-bond donors (Lipinski definition) is 3. The summed E-state index contributed by atoms with van der Waals surface area (Å²) >= 11 is 6.04. The third kappa shape index (κ3) is 5.58. The fraction of sp³-hybridized carbons (Fsp3) is 0.174. The van der Waals surface area contributed by atoms with Crippen molar-refractivity contribution in [1.29, 1.82) is 0 Å². The molecule has 0 bridgehead atoms. The first kappa shape index (κ1) is 21.3. The Morgan fingerprint density at radius 1 is 1.00 bits per heavy atom. The molecule has 0 aliphatic carbocycles. The molecule has 7 heteroatoms. The van der Waals surface area contributed by atoms with E-state index in [1.54, 1.807) is 0 Å². The van der Waals surface area contributed by atoms with E-state index in [0.29, 0.717) is 17.1 Å². The maximum Gasteiger partial charge on any atom is 0.305 e. The molecule has 0 unspecified atom stereocenters. The molecule has 3 aromatic rings. The van der Waals surface area contributed by atoms with Crippen LogP contribution in [0.1, 0.15) is 39.9 Å². The number of aromatic nitrogens is 1. The number of carbonyl (C=O) groups is 3. The third-order valence-electron chi connectivity index (χ3n) is 4.66. The van der Waals surface area contributed by atoms with Crippen LogP contribution < -0.4 is 5.32 Å². The maximum atomic E-state index is 12.5. The number of hydrogen-bond acceptors (Lipinski definition) is 3. The summed E-state index contributed by atoms with van der Waals surface area (Å²) in [6.45, 7) is 1.40. The zero-order valence-corrected chi connectivity index (χ0v) is 17.1. The number of aromatic amines is 1. The molecule has 3 N–H and O–H groups in total. The molecule has 3 rings (SSSR count). The van der Waals surface area contributed by atoms with Crippen LogP contribution in [0.3, 0.4) is 0 Å². The molecule has 1 amide bonds. The second-order valence-corrected chi connectivity index (χ2v) is 7.46. The highest BCUT2D eigenvalue weighted by atomic mass is 35.5. The number of carboxylic acids is 1. The highest BCUT2D eigenvalue weighted by Gasteiger charge is 2.19. The van der Waals surface area contributed by atoms with Crippen LogP contribution in [0.25, 0.3) is 11.1 Å². The van der Waals surface area contributed by atoms with Gasteiger partial charge in [-0.2, -0.15) is 0 Å². The van der Waals surface area contributed by atoms with Crippen molar-refractivity contribution in [3.8, 4) is 11.1 Å². The zero-order chi connectivity index (χ0) is 21.7. The largest absolute Gasteiger partial charge is 0.481 e. The number of H-pyrrole nitrogens is 1. The Hall–Kier alpha value is -3.38. The quantitative estimate of drug-likeness (QED) is 0.468. The van der Waals surface area contributed by atoms with E-state index >= 15 is 0 Å². The molecule has 1 aromatic heterocycles. The van der Waals surface area contributed by atoms with Crippen molar-refractivity contribution in [1.82, 2.24) is 10.3 Å².